The Morgan fingerprint density at radius 1 is 1.40 bits per heavy atom. The van der Waals surface area contributed by atoms with Crippen LogP contribution in [0.1, 0.15) is 26.5 Å². The van der Waals surface area contributed by atoms with Gasteiger partial charge < -0.3 is 19.9 Å². The number of thiol groups is 1. The second kappa shape index (κ2) is 6.84. The molecule has 0 spiro atoms. The minimum Gasteiger partial charge on any atom is -0.463 e. The Kier molecular flexibility index (Phi) is 4.77. The monoisotopic (exact) mass is 367 g/mol. The van der Waals surface area contributed by atoms with E-state index in [-0.39, 0.29) is 12.6 Å². The first-order chi connectivity index (χ1) is 11.8. The second-order valence-electron chi connectivity index (χ2n) is 5.54. The van der Waals surface area contributed by atoms with Crippen LogP contribution in [0.5, 0.6) is 0 Å². The molecule has 3 rings (SSSR count). The summed E-state index contributed by atoms with van der Waals surface area (Å²) >= 11 is 4.24. The summed E-state index contributed by atoms with van der Waals surface area (Å²) in [6.45, 7) is 2.58. The fraction of sp³-hybridized carbons (Fsp3) is 0.500. The van der Waals surface area contributed by atoms with Crippen molar-refractivity contribution >= 4 is 41.7 Å². The van der Waals surface area contributed by atoms with Gasteiger partial charge in [-0.2, -0.15) is 4.98 Å². The molecular formula is C14H17N5O5S. The number of anilines is 1. The van der Waals surface area contributed by atoms with Crippen LogP contribution < -0.4 is 5.73 Å². The largest absolute Gasteiger partial charge is 0.463 e. The number of nitrogen functional groups attached to an aromatic ring is 1. The van der Waals surface area contributed by atoms with Crippen molar-refractivity contribution < 1.29 is 23.8 Å². The first-order valence-corrected chi connectivity index (χ1v) is 7.95. The molecule has 3 heterocycles. The van der Waals surface area contributed by atoms with Gasteiger partial charge in [-0.05, 0) is 0 Å². The van der Waals surface area contributed by atoms with Gasteiger partial charge in [-0.3, -0.25) is 14.2 Å². The van der Waals surface area contributed by atoms with Crippen molar-refractivity contribution in [1.82, 2.24) is 19.5 Å². The second-order valence-corrected chi connectivity index (χ2v) is 5.97. The van der Waals surface area contributed by atoms with Crippen LogP contribution in [0.4, 0.5) is 5.95 Å². The molecule has 0 bridgehead atoms. The molecule has 25 heavy (non-hydrogen) atoms. The average molecular weight is 367 g/mol. The molecule has 2 N–H and O–H groups in total. The van der Waals surface area contributed by atoms with Crippen molar-refractivity contribution in [2.45, 2.75) is 43.7 Å². The zero-order valence-corrected chi connectivity index (χ0v) is 14.5. The van der Waals surface area contributed by atoms with Gasteiger partial charge in [-0.1, -0.05) is 0 Å². The molecule has 1 aliphatic rings. The Labute approximate surface area is 148 Å². The van der Waals surface area contributed by atoms with Crippen molar-refractivity contribution in [2.75, 3.05) is 12.3 Å². The molecule has 11 heteroatoms. The van der Waals surface area contributed by atoms with Gasteiger partial charge in [0, 0.05) is 20.3 Å². The number of fused-ring (bicyclic) bond motifs is 1. The lowest BCUT2D eigenvalue weighted by Gasteiger charge is -2.17. The Bertz CT molecular complexity index is 825. The molecule has 1 aliphatic heterocycles. The van der Waals surface area contributed by atoms with Crippen LogP contribution in [0.25, 0.3) is 11.2 Å². The predicted molar refractivity (Wildman–Crippen MR) is 87.7 cm³/mol. The van der Waals surface area contributed by atoms with Crippen LogP contribution in [0.2, 0.25) is 0 Å². The van der Waals surface area contributed by atoms with Gasteiger partial charge in [0.05, 0.1) is 6.33 Å². The van der Waals surface area contributed by atoms with Crippen LogP contribution in [-0.4, -0.2) is 50.3 Å². The fourth-order valence-corrected chi connectivity index (χ4v) is 2.95. The lowest BCUT2D eigenvalue weighted by Crippen LogP contribution is -2.31. The molecule has 2 aromatic heterocycles. The molecule has 1 saturated heterocycles. The van der Waals surface area contributed by atoms with Crippen molar-refractivity contribution in [1.29, 1.82) is 0 Å². The highest BCUT2D eigenvalue weighted by molar-refractivity contribution is 7.80. The summed E-state index contributed by atoms with van der Waals surface area (Å²) < 4.78 is 17.8. The summed E-state index contributed by atoms with van der Waals surface area (Å²) in [4.78, 5) is 34.7. The number of imidazole rings is 1. The van der Waals surface area contributed by atoms with Crippen molar-refractivity contribution in [3.05, 3.63) is 6.33 Å². The first kappa shape index (κ1) is 17.4. The summed E-state index contributed by atoms with van der Waals surface area (Å²) in [7, 11) is 0. The maximum absolute atomic E-state index is 11.3. The molecule has 0 radical (unpaired) electrons. The highest BCUT2D eigenvalue weighted by Crippen LogP contribution is 2.33. The van der Waals surface area contributed by atoms with Gasteiger partial charge in [0.25, 0.3) is 0 Å². The topological polar surface area (TPSA) is 131 Å². The van der Waals surface area contributed by atoms with Gasteiger partial charge >= 0.3 is 11.9 Å². The van der Waals surface area contributed by atoms with E-state index in [1.165, 1.54) is 20.2 Å². The molecule has 0 amide bonds. The summed E-state index contributed by atoms with van der Waals surface area (Å²) in [6, 6.07) is 0. The normalized spacial score (nSPS) is 22.9. The van der Waals surface area contributed by atoms with E-state index >= 15 is 0 Å². The van der Waals surface area contributed by atoms with E-state index < -0.39 is 30.4 Å². The maximum atomic E-state index is 11.3. The summed E-state index contributed by atoms with van der Waals surface area (Å²) in [5.74, 6) is -0.825. The summed E-state index contributed by atoms with van der Waals surface area (Å²) in [5.41, 5.74) is 6.61. The highest BCUT2D eigenvalue weighted by Gasteiger charge is 2.40. The number of rotatable bonds is 4. The van der Waals surface area contributed by atoms with Crippen LogP contribution in [0, 0.1) is 0 Å². The Hall–Kier alpha value is -2.40. The van der Waals surface area contributed by atoms with E-state index in [9.17, 15) is 9.59 Å². The molecule has 2 aromatic rings. The van der Waals surface area contributed by atoms with Gasteiger partial charge in [-0.15, -0.1) is 12.6 Å². The van der Waals surface area contributed by atoms with Crippen molar-refractivity contribution in [3.63, 3.8) is 0 Å². The number of hydrogen-bond acceptors (Lipinski definition) is 10. The van der Waals surface area contributed by atoms with E-state index in [0.29, 0.717) is 22.6 Å². The average Bonchev–Trinajstić information content (AvgIpc) is 3.08. The molecular weight excluding hydrogens is 350 g/mol. The van der Waals surface area contributed by atoms with Crippen LogP contribution in [0.15, 0.2) is 11.4 Å². The zero-order valence-electron chi connectivity index (χ0n) is 13.6. The van der Waals surface area contributed by atoms with Gasteiger partial charge in [-0.25, -0.2) is 9.97 Å². The van der Waals surface area contributed by atoms with Crippen LogP contribution in [0.3, 0.4) is 0 Å². The molecule has 134 valence electrons. The SMILES string of the molecule is CC(=O)OC[C@H]1O[C@@H](n2cnc3c(S)nc(N)nc32)C[C@@H]1OC(C)=O. The Balaban J connectivity index is 1.87. The number of carbonyl (C=O) groups is 2. The third-order valence-corrected chi connectivity index (χ3v) is 3.99. The molecule has 0 aliphatic carbocycles. The summed E-state index contributed by atoms with van der Waals surface area (Å²) in [5, 5.41) is 0.354. The number of esters is 2. The molecule has 3 atom stereocenters. The van der Waals surface area contributed by atoms with Crippen molar-refractivity contribution in [3.8, 4) is 0 Å². The minimum absolute atomic E-state index is 0.0225. The lowest BCUT2D eigenvalue weighted by atomic mass is 10.2. The van der Waals surface area contributed by atoms with E-state index in [1.807, 2.05) is 0 Å². The number of nitrogens with two attached hydrogens (primary N) is 1. The lowest BCUT2D eigenvalue weighted by molar-refractivity contribution is -0.155. The third kappa shape index (κ3) is 3.66. The predicted octanol–water partition coefficient (Wildman–Crippen LogP) is 0.479. The number of nitrogens with zero attached hydrogens (tertiary/aromatic N) is 4. The maximum Gasteiger partial charge on any atom is 0.303 e. The number of ether oxygens (including phenoxy) is 3. The van der Waals surface area contributed by atoms with Crippen LogP contribution >= 0.6 is 12.6 Å². The smallest absolute Gasteiger partial charge is 0.303 e. The quantitative estimate of drug-likeness (QED) is 0.450. The van der Waals surface area contributed by atoms with E-state index in [2.05, 4.69) is 27.6 Å². The molecule has 0 unspecified atom stereocenters. The van der Waals surface area contributed by atoms with Crippen molar-refractivity contribution in [2.24, 2.45) is 0 Å². The minimum atomic E-state index is -0.593. The van der Waals surface area contributed by atoms with Gasteiger partial charge in [0.2, 0.25) is 5.95 Å². The van der Waals surface area contributed by atoms with E-state index in [4.69, 9.17) is 19.9 Å². The third-order valence-electron chi connectivity index (χ3n) is 3.68. The highest BCUT2D eigenvalue weighted by atomic mass is 32.1. The fourth-order valence-electron chi connectivity index (χ4n) is 2.69. The molecule has 0 aromatic carbocycles. The molecule has 1 fully saturated rings. The standard InChI is InChI=1S/C14H17N5O5S/c1-6(20)22-4-9-8(23-7(2)21)3-10(24-9)19-5-16-11-12(19)17-14(15)18-13(11)25/h5,8-10H,3-4H2,1-2H3,(H3,15,17,18,25)/t8-,9+,10+/m0/s1. The number of aromatic nitrogens is 4. The Morgan fingerprint density at radius 2 is 2.16 bits per heavy atom. The Morgan fingerprint density at radius 3 is 2.84 bits per heavy atom. The number of hydrogen-bond donors (Lipinski definition) is 2. The zero-order chi connectivity index (χ0) is 18.1. The van der Waals surface area contributed by atoms with Gasteiger partial charge in [0.1, 0.15) is 35.6 Å². The van der Waals surface area contributed by atoms with E-state index in [0.717, 1.165) is 0 Å². The van der Waals surface area contributed by atoms with E-state index in [1.54, 1.807) is 4.57 Å². The summed E-state index contributed by atoms with van der Waals surface area (Å²) in [6.07, 6.45) is 0.209. The van der Waals surface area contributed by atoms with Gasteiger partial charge in [0.15, 0.2) is 5.65 Å². The molecule has 10 nitrogen and oxygen atoms in total. The molecule has 0 saturated carbocycles. The van der Waals surface area contributed by atoms with Crippen LogP contribution in [-0.2, 0) is 23.8 Å². The first-order valence-electron chi connectivity index (χ1n) is 7.50. The number of carbonyl (C=O) groups excluding carboxylic acids is 2.